The average molecular weight is 567 g/mol. The molecule has 2 N–H and O–H groups in total. The van der Waals surface area contributed by atoms with Crippen LogP contribution >= 0.6 is 24.0 Å². The molecule has 1 saturated heterocycles. The fourth-order valence-corrected chi connectivity index (χ4v) is 3.90. The molecule has 182 valence electrons. The van der Waals surface area contributed by atoms with Gasteiger partial charge in [0.2, 0.25) is 0 Å². The Kier molecular flexibility index (Phi) is 12.8. The molecule has 0 amide bonds. The van der Waals surface area contributed by atoms with E-state index in [0.717, 1.165) is 51.7 Å². The molecular weight excluding hydrogens is 527 g/mol. The molecule has 0 aliphatic carbocycles. The third-order valence-electron chi connectivity index (χ3n) is 5.66. The number of benzene rings is 2. The second kappa shape index (κ2) is 15.3. The van der Waals surface area contributed by atoms with Crippen LogP contribution in [0.2, 0.25) is 0 Å². The van der Waals surface area contributed by atoms with E-state index >= 15 is 0 Å². The number of nitrogens with one attached hydrogen (secondary N) is 2. The van der Waals surface area contributed by atoms with Crippen molar-refractivity contribution < 1.29 is 9.47 Å². The van der Waals surface area contributed by atoms with Gasteiger partial charge in [-0.15, -0.1) is 24.0 Å². The van der Waals surface area contributed by atoms with Crippen LogP contribution in [0.25, 0.3) is 0 Å². The van der Waals surface area contributed by atoms with Gasteiger partial charge in [0, 0.05) is 46.4 Å². The number of rotatable bonds is 10. The van der Waals surface area contributed by atoms with Crippen LogP contribution in [0, 0.1) is 0 Å². The zero-order valence-corrected chi connectivity index (χ0v) is 22.5. The molecule has 2 unspecified atom stereocenters. The van der Waals surface area contributed by atoms with Crippen LogP contribution in [0.5, 0.6) is 0 Å². The van der Waals surface area contributed by atoms with Gasteiger partial charge in [-0.25, -0.2) is 0 Å². The van der Waals surface area contributed by atoms with Gasteiger partial charge in [0.05, 0.1) is 18.8 Å². The minimum Gasteiger partial charge on any atom is -0.376 e. The molecule has 0 radical (unpaired) electrons. The predicted molar refractivity (Wildman–Crippen MR) is 146 cm³/mol. The summed E-state index contributed by atoms with van der Waals surface area (Å²) in [7, 11) is 1.80. The van der Waals surface area contributed by atoms with E-state index in [-0.39, 0.29) is 30.1 Å². The van der Waals surface area contributed by atoms with Gasteiger partial charge >= 0.3 is 0 Å². The van der Waals surface area contributed by atoms with Crippen molar-refractivity contribution in [3.05, 3.63) is 71.3 Å². The molecule has 2 aromatic carbocycles. The molecule has 2 aromatic rings. The van der Waals surface area contributed by atoms with Crippen molar-refractivity contribution in [2.75, 3.05) is 39.9 Å². The van der Waals surface area contributed by atoms with Crippen LogP contribution in [-0.2, 0) is 22.6 Å². The van der Waals surface area contributed by atoms with Gasteiger partial charge in [0.25, 0.3) is 0 Å². The molecule has 1 aliphatic heterocycles. The number of guanidine groups is 1. The summed E-state index contributed by atoms with van der Waals surface area (Å²) in [6.45, 7) is 10.3. The molecule has 33 heavy (non-hydrogen) atoms. The lowest BCUT2D eigenvalue weighted by Crippen LogP contribution is -2.40. The first-order valence-electron chi connectivity index (χ1n) is 11.7. The van der Waals surface area contributed by atoms with Crippen LogP contribution in [-0.4, -0.2) is 56.9 Å². The fourth-order valence-electron chi connectivity index (χ4n) is 3.90. The highest BCUT2D eigenvalue weighted by Crippen LogP contribution is 2.16. The zero-order valence-electron chi connectivity index (χ0n) is 20.1. The standard InChI is InChI=1S/C26H38N4O2.HI/c1-21-19-30(14-16-31-21)20-24-10-7-9-23(17-24)18-29-26(27-3)28-13-8-15-32-22(2)25-11-5-4-6-12-25;/h4-7,9-12,17,21-22H,8,13-16,18-20H2,1-3H3,(H2,27,28,29);1H. The second-order valence-corrected chi connectivity index (χ2v) is 8.37. The van der Waals surface area contributed by atoms with Gasteiger partial charge in [-0.2, -0.15) is 0 Å². The Hall–Kier alpha value is -1.68. The van der Waals surface area contributed by atoms with Crippen molar-refractivity contribution in [3.8, 4) is 0 Å². The van der Waals surface area contributed by atoms with Gasteiger partial charge in [0.1, 0.15) is 0 Å². The van der Waals surface area contributed by atoms with Crippen LogP contribution in [0.4, 0.5) is 0 Å². The van der Waals surface area contributed by atoms with Crippen molar-refractivity contribution in [2.45, 2.75) is 45.6 Å². The zero-order chi connectivity index (χ0) is 22.6. The second-order valence-electron chi connectivity index (χ2n) is 8.37. The SMILES string of the molecule is CN=C(NCCCOC(C)c1ccccc1)NCc1cccc(CN2CCOC(C)C2)c1.I. The molecule has 0 spiro atoms. The average Bonchev–Trinajstić information content (AvgIpc) is 2.81. The minimum absolute atomic E-state index is 0. The van der Waals surface area contributed by atoms with Crippen molar-refractivity contribution in [3.63, 3.8) is 0 Å². The van der Waals surface area contributed by atoms with E-state index in [4.69, 9.17) is 9.47 Å². The smallest absolute Gasteiger partial charge is 0.191 e. The Morgan fingerprint density at radius 2 is 1.94 bits per heavy atom. The number of halogens is 1. The number of morpholine rings is 1. The number of nitrogens with zero attached hydrogens (tertiary/aromatic N) is 2. The normalized spacial score (nSPS) is 17.8. The summed E-state index contributed by atoms with van der Waals surface area (Å²) in [6.07, 6.45) is 1.35. The van der Waals surface area contributed by atoms with Crippen LogP contribution in [0.3, 0.4) is 0 Å². The molecular formula is C26H39IN4O2. The van der Waals surface area contributed by atoms with Crippen LogP contribution in [0.15, 0.2) is 59.6 Å². The van der Waals surface area contributed by atoms with Gasteiger partial charge < -0.3 is 20.1 Å². The lowest BCUT2D eigenvalue weighted by molar-refractivity contribution is -0.0212. The summed E-state index contributed by atoms with van der Waals surface area (Å²) in [5, 5.41) is 6.79. The Labute approximate surface area is 216 Å². The highest BCUT2D eigenvalue weighted by atomic mass is 127. The van der Waals surface area contributed by atoms with Crippen molar-refractivity contribution in [1.82, 2.24) is 15.5 Å². The summed E-state index contributed by atoms with van der Waals surface area (Å²) < 4.78 is 11.6. The quantitative estimate of drug-likeness (QED) is 0.194. The first kappa shape index (κ1) is 27.6. The van der Waals surface area contributed by atoms with E-state index in [1.165, 1.54) is 16.7 Å². The summed E-state index contributed by atoms with van der Waals surface area (Å²) in [5.74, 6) is 0.813. The molecule has 0 bridgehead atoms. The van der Waals surface area contributed by atoms with E-state index in [2.05, 4.69) is 70.8 Å². The van der Waals surface area contributed by atoms with Gasteiger partial charge in [-0.1, -0.05) is 54.6 Å². The van der Waals surface area contributed by atoms with E-state index in [1.54, 1.807) is 7.05 Å². The maximum Gasteiger partial charge on any atom is 0.191 e. The lowest BCUT2D eigenvalue weighted by atomic mass is 10.1. The van der Waals surface area contributed by atoms with Crippen molar-refractivity contribution in [1.29, 1.82) is 0 Å². The van der Waals surface area contributed by atoms with Gasteiger partial charge in [0.15, 0.2) is 5.96 Å². The number of hydrogen-bond acceptors (Lipinski definition) is 4. The fraction of sp³-hybridized carbons (Fsp3) is 0.500. The summed E-state index contributed by atoms with van der Waals surface area (Å²) in [5.41, 5.74) is 3.81. The minimum atomic E-state index is 0. The third-order valence-corrected chi connectivity index (χ3v) is 5.66. The molecule has 2 atom stereocenters. The Morgan fingerprint density at radius 1 is 1.15 bits per heavy atom. The van der Waals surface area contributed by atoms with E-state index < -0.39 is 0 Å². The monoisotopic (exact) mass is 566 g/mol. The lowest BCUT2D eigenvalue weighted by Gasteiger charge is -2.31. The summed E-state index contributed by atoms with van der Waals surface area (Å²) in [4.78, 5) is 6.80. The topological polar surface area (TPSA) is 58.1 Å². The highest BCUT2D eigenvalue weighted by Gasteiger charge is 2.16. The summed E-state index contributed by atoms with van der Waals surface area (Å²) >= 11 is 0. The predicted octanol–water partition coefficient (Wildman–Crippen LogP) is 4.36. The molecule has 0 aromatic heterocycles. The van der Waals surface area contributed by atoms with Gasteiger partial charge in [-0.3, -0.25) is 9.89 Å². The Bertz CT molecular complexity index is 834. The maximum absolute atomic E-state index is 5.94. The van der Waals surface area contributed by atoms with Gasteiger partial charge in [-0.05, 0) is 37.0 Å². The van der Waals surface area contributed by atoms with Crippen molar-refractivity contribution >= 4 is 29.9 Å². The molecule has 0 saturated carbocycles. The number of hydrogen-bond donors (Lipinski definition) is 2. The molecule has 6 nitrogen and oxygen atoms in total. The van der Waals surface area contributed by atoms with E-state index in [1.807, 2.05) is 18.2 Å². The first-order valence-corrected chi connectivity index (χ1v) is 11.7. The van der Waals surface area contributed by atoms with E-state index in [0.29, 0.717) is 12.7 Å². The first-order chi connectivity index (χ1) is 15.6. The number of aliphatic imine (C=N–C) groups is 1. The van der Waals surface area contributed by atoms with Crippen molar-refractivity contribution in [2.24, 2.45) is 4.99 Å². The molecule has 7 heteroatoms. The largest absolute Gasteiger partial charge is 0.376 e. The maximum atomic E-state index is 5.94. The Balaban J connectivity index is 0.00000385. The molecule has 1 aliphatic rings. The third kappa shape index (κ3) is 10.00. The highest BCUT2D eigenvalue weighted by molar-refractivity contribution is 14.0. The molecule has 3 rings (SSSR count). The van der Waals surface area contributed by atoms with Crippen LogP contribution < -0.4 is 10.6 Å². The van der Waals surface area contributed by atoms with E-state index in [9.17, 15) is 0 Å². The molecule has 1 heterocycles. The van der Waals surface area contributed by atoms with Crippen LogP contribution in [0.1, 0.15) is 43.1 Å². The molecule has 1 fully saturated rings. The summed E-state index contributed by atoms with van der Waals surface area (Å²) in [6, 6.07) is 19.1. The Morgan fingerprint density at radius 3 is 2.70 bits per heavy atom. The number of ether oxygens (including phenoxy) is 2.